The predicted molar refractivity (Wildman–Crippen MR) is 268 cm³/mol. The van der Waals surface area contributed by atoms with Crippen molar-refractivity contribution in [1.82, 2.24) is 0 Å². The van der Waals surface area contributed by atoms with Crippen molar-refractivity contribution >= 4 is 28.4 Å². The second-order valence-corrected chi connectivity index (χ2v) is 18.0. The Morgan fingerprint density at radius 3 is 1.15 bits per heavy atom. The van der Waals surface area contributed by atoms with E-state index in [2.05, 4.69) is 229 Å². The summed E-state index contributed by atoms with van der Waals surface area (Å²) in [7, 11) is 0. The molecular weight excluding hydrogens is 811 g/mol. The first kappa shape index (κ1) is 37.6. The van der Waals surface area contributed by atoms with Crippen LogP contribution in [0.1, 0.15) is 22.3 Å². The van der Waals surface area contributed by atoms with Gasteiger partial charge in [0.05, 0.1) is 15.2 Å². The summed E-state index contributed by atoms with van der Waals surface area (Å²) in [4.78, 5) is 4.57. The second kappa shape index (κ2) is 15.1. The summed E-state index contributed by atoms with van der Waals surface area (Å²) in [5.74, 6) is 1.65. The van der Waals surface area contributed by atoms with Crippen molar-refractivity contribution in [2.45, 2.75) is 5.41 Å². The molecule has 0 atom stereocenters. The van der Waals surface area contributed by atoms with Gasteiger partial charge in [-0.05, 0) is 114 Å². The maximum Gasteiger partial charge on any atom is 0.180 e. The van der Waals surface area contributed by atoms with Crippen molar-refractivity contribution in [2.75, 3.05) is 18.1 Å². The van der Waals surface area contributed by atoms with Crippen molar-refractivity contribution in [2.24, 2.45) is 0 Å². The van der Waals surface area contributed by atoms with Gasteiger partial charge in [0.1, 0.15) is 13.2 Å². The van der Waals surface area contributed by atoms with Gasteiger partial charge in [-0.3, -0.25) is 0 Å². The maximum atomic E-state index is 6.41. The maximum absolute atomic E-state index is 6.41. The number of benzene rings is 9. The minimum absolute atomic E-state index is 0.443. The molecule has 0 amide bonds. The van der Waals surface area contributed by atoms with Crippen molar-refractivity contribution in [3.05, 3.63) is 247 Å². The fourth-order valence-corrected chi connectivity index (χ4v) is 11.8. The van der Waals surface area contributed by atoms with Crippen LogP contribution in [-0.4, -0.2) is 13.2 Å². The molecule has 10 aromatic rings. The molecule has 0 fully saturated rings. The molecule has 0 N–H and O–H groups in total. The molecule has 4 heteroatoms. The molecule has 1 aliphatic heterocycles. The van der Waals surface area contributed by atoms with Crippen LogP contribution < -0.4 is 14.4 Å². The van der Waals surface area contributed by atoms with Crippen LogP contribution in [0.15, 0.2) is 224 Å². The Balaban J connectivity index is 0.942. The Morgan fingerprint density at radius 1 is 0.323 bits per heavy atom. The number of fused-ring (bicyclic) bond motifs is 11. The van der Waals surface area contributed by atoms with E-state index < -0.39 is 5.41 Å². The largest absolute Gasteiger partial charge is 0.485 e. The lowest BCUT2D eigenvalue weighted by molar-refractivity contribution is 0.175. The van der Waals surface area contributed by atoms with Crippen molar-refractivity contribution in [3.8, 4) is 76.9 Å². The zero-order chi connectivity index (χ0) is 42.9. The Morgan fingerprint density at radius 2 is 0.677 bits per heavy atom. The van der Waals surface area contributed by atoms with Crippen molar-refractivity contribution in [1.29, 1.82) is 0 Å². The summed E-state index contributed by atoms with van der Waals surface area (Å²) in [5, 5.41) is 0. The molecule has 0 bridgehead atoms. The van der Waals surface area contributed by atoms with Crippen LogP contribution in [0.25, 0.3) is 65.4 Å². The molecule has 13 rings (SSSR count). The normalized spacial score (nSPS) is 13.5. The van der Waals surface area contributed by atoms with Crippen LogP contribution in [0.4, 0.5) is 17.1 Å². The number of nitrogens with zero attached hydrogens (tertiary/aromatic N) is 1. The minimum Gasteiger partial charge on any atom is -0.485 e. The highest BCUT2D eigenvalue weighted by atomic mass is 32.1. The van der Waals surface area contributed by atoms with E-state index in [1.54, 1.807) is 11.3 Å². The van der Waals surface area contributed by atoms with E-state index in [1.807, 2.05) is 0 Å². The highest BCUT2D eigenvalue weighted by Gasteiger charge is 2.51. The monoisotopic (exact) mass is 851 g/mol. The third kappa shape index (κ3) is 5.88. The van der Waals surface area contributed by atoms with Gasteiger partial charge in [0, 0.05) is 17.1 Å². The Bertz CT molecular complexity index is 3350. The summed E-state index contributed by atoms with van der Waals surface area (Å²) in [5.41, 5.74) is 20.3. The fraction of sp³-hybridized carbons (Fsp3) is 0.0492. The van der Waals surface area contributed by atoms with Gasteiger partial charge in [-0.25, -0.2) is 0 Å². The fourth-order valence-electron chi connectivity index (χ4n) is 10.6. The highest BCUT2D eigenvalue weighted by Crippen LogP contribution is 2.63. The van der Waals surface area contributed by atoms with Crippen molar-refractivity contribution in [3.63, 3.8) is 0 Å². The lowest BCUT2D eigenvalue weighted by atomic mass is 9.70. The van der Waals surface area contributed by atoms with Gasteiger partial charge in [0.25, 0.3) is 0 Å². The van der Waals surface area contributed by atoms with Gasteiger partial charge in [-0.15, -0.1) is 11.3 Å². The van der Waals surface area contributed by atoms with Crippen LogP contribution in [0.3, 0.4) is 0 Å². The first-order valence-corrected chi connectivity index (χ1v) is 23.1. The van der Waals surface area contributed by atoms with Gasteiger partial charge >= 0.3 is 0 Å². The van der Waals surface area contributed by atoms with Crippen molar-refractivity contribution < 1.29 is 9.47 Å². The van der Waals surface area contributed by atoms with Crippen LogP contribution in [0.2, 0.25) is 0 Å². The zero-order valence-electron chi connectivity index (χ0n) is 35.4. The molecular formula is C61H41NO2S. The molecule has 1 aromatic heterocycles. The predicted octanol–water partition coefficient (Wildman–Crippen LogP) is 16.0. The Kier molecular flexibility index (Phi) is 8.75. The molecule has 2 aliphatic carbocycles. The standard InChI is InChI=1S/C61H41NO2S/c1-3-13-40(14-4-1)42-23-25-44(26-24-42)59-57-58(64-38-37-63-57)60(65-59)45-29-33-47(34-30-45)62(46-31-27-43(28-32-46)41-15-5-2-6-16-41)48-35-36-52-51-19-9-12-22-55(51)61(56(52)39-48)53-20-10-7-17-49(53)50-18-8-11-21-54(50)61/h1-36,39H,37-38H2. The third-order valence-corrected chi connectivity index (χ3v) is 14.8. The van der Waals surface area contributed by atoms with Crippen LogP contribution in [0.5, 0.6) is 11.5 Å². The average molecular weight is 852 g/mol. The molecule has 0 unspecified atom stereocenters. The van der Waals surface area contributed by atoms with Gasteiger partial charge in [-0.1, -0.05) is 188 Å². The highest BCUT2D eigenvalue weighted by molar-refractivity contribution is 7.19. The van der Waals surface area contributed by atoms with Crippen LogP contribution in [0, 0.1) is 0 Å². The van der Waals surface area contributed by atoms with E-state index >= 15 is 0 Å². The number of rotatable bonds is 7. The minimum atomic E-state index is -0.443. The average Bonchev–Trinajstić information content (AvgIpc) is 4.02. The van der Waals surface area contributed by atoms with E-state index in [4.69, 9.17) is 9.47 Å². The first-order valence-electron chi connectivity index (χ1n) is 22.3. The van der Waals surface area contributed by atoms with Gasteiger partial charge in [0.15, 0.2) is 11.5 Å². The van der Waals surface area contributed by atoms with Gasteiger partial charge in [-0.2, -0.15) is 0 Å². The summed E-state index contributed by atoms with van der Waals surface area (Å²) in [6.07, 6.45) is 0. The molecule has 65 heavy (non-hydrogen) atoms. The number of ether oxygens (including phenoxy) is 2. The number of hydrogen-bond donors (Lipinski definition) is 0. The molecule has 0 saturated heterocycles. The molecule has 2 heterocycles. The molecule has 3 nitrogen and oxygen atoms in total. The lowest BCUT2D eigenvalue weighted by Gasteiger charge is -2.32. The van der Waals surface area contributed by atoms with E-state index in [9.17, 15) is 0 Å². The SMILES string of the molecule is c1ccc(-c2ccc(-c3sc(-c4ccc(N(c5ccc(-c6ccccc6)cc5)c5ccc6c(c5)C5(c7ccccc7-c7ccccc75)c5ccccc5-6)cc4)c4c3OCCO4)cc2)cc1. The molecule has 0 radical (unpaired) electrons. The molecule has 3 aliphatic rings. The number of thiophene rings is 1. The summed E-state index contributed by atoms with van der Waals surface area (Å²) in [6.45, 7) is 1.05. The third-order valence-electron chi connectivity index (χ3n) is 13.5. The summed E-state index contributed by atoms with van der Waals surface area (Å²) >= 11 is 1.73. The van der Waals surface area contributed by atoms with Gasteiger partial charge < -0.3 is 14.4 Å². The summed E-state index contributed by atoms with van der Waals surface area (Å²) < 4.78 is 12.8. The zero-order valence-corrected chi connectivity index (χ0v) is 36.3. The smallest absolute Gasteiger partial charge is 0.180 e. The van der Waals surface area contributed by atoms with Crippen LogP contribution in [-0.2, 0) is 5.41 Å². The quantitative estimate of drug-likeness (QED) is 0.159. The van der Waals surface area contributed by atoms with E-state index in [-0.39, 0.29) is 0 Å². The van der Waals surface area contributed by atoms with E-state index in [0.717, 1.165) is 49.4 Å². The molecule has 1 spiro atoms. The first-order chi connectivity index (χ1) is 32.2. The number of hydrogen-bond acceptors (Lipinski definition) is 4. The van der Waals surface area contributed by atoms with E-state index in [0.29, 0.717) is 13.2 Å². The van der Waals surface area contributed by atoms with E-state index in [1.165, 1.54) is 66.8 Å². The molecule has 308 valence electrons. The molecule has 9 aromatic carbocycles. The molecule has 0 saturated carbocycles. The van der Waals surface area contributed by atoms with Gasteiger partial charge in [0.2, 0.25) is 0 Å². The Labute approximate surface area is 383 Å². The number of anilines is 3. The second-order valence-electron chi connectivity index (χ2n) is 17.0. The van der Waals surface area contributed by atoms with Crippen LogP contribution >= 0.6 is 11.3 Å². The summed E-state index contributed by atoms with van der Waals surface area (Å²) in [6, 6.07) is 82.0. The lowest BCUT2D eigenvalue weighted by Crippen LogP contribution is -2.26. The Hall–Kier alpha value is -7.92. The topological polar surface area (TPSA) is 21.7 Å².